The molecule has 1 aliphatic rings. The highest BCUT2D eigenvalue weighted by Crippen LogP contribution is 2.28. The fourth-order valence-corrected chi connectivity index (χ4v) is 1.93. The summed E-state index contributed by atoms with van der Waals surface area (Å²) < 4.78 is 0. The fraction of sp³-hybridized carbons (Fsp3) is 0.727. The molecular weight excluding hydrogens is 192 g/mol. The predicted octanol–water partition coefficient (Wildman–Crippen LogP) is 0.660. The van der Waals surface area contributed by atoms with E-state index in [-0.39, 0.29) is 12.0 Å². The molecule has 1 fully saturated rings. The van der Waals surface area contributed by atoms with Crippen LogP contribution in [-0.4, -0.2) is 35.8 Å². The molecule has 0 bridgehead atoms. The molecule has 0 radical (unpaired) electrons. The second kappa shape index (κ2) is 5.88. The predicted molar refractivity (Wildman–Crippen MR) is 60.7 cm³/mol. The molecular formula is C11H20N2O2. The maximum Gasteiger partial charge on any atom is 0.0960 e. The van der Waals surface area contributed by atoms with E-state index >= 15 is 0 Å². The Balaban J connectivity index is 2.39. The van der Waals surface area contributed by atoms with Crippen molar-refractivity contribution in [3.8, 4) is 0 Å². The topological polar surface area (TPSA) is 64.9 Å². The summed E-state index contributed by atoms with van der Waals surface area (Å²) in [4.78, 5) is 3.77. The number of nitrogens with one attached hydrogen (secondary N) is 1. The number of aliphatic hydroxyl groups excluding tert-OH is 2. The van der Waals surface area contributed by atoms with Gasteiger partial charge in [0, 0.05) is 12.7 Å². The van der Waals surface area contributed by atoms with Crippen molar-refractivity contribution in [2.24, 2.45) is 10.9 Å². The van der Waals surface area contributed by atoms with Gasteiger partial charge in [-0.2, -0.15) is 0 Å². The molecule has 4 heteroatoms. The monoisotopic (exact) mass is 212 g/mol. The molecule has 0 heterocycles. The first-order valence-electron chi connectivity index (χ1n) is 5.37. The molecule has 1 unspecified atom stereocenters. The van der Waals surface area contributed by atoms with Crippen molar-refractivity contribution in [1.82, 2.24) is 5.32 Å². The second-order valence-corrected chi connectivity index (χ2v) is 4.07. The summed E-state index contributed by atoms with van der Waals surface area (Å²) >= 11 is 0. The average Bonchev–Trinajstić information content (AvgIpc) is 2.26. The Bertz CT molecular complexity index is 233. The lowest BCUT2D eigenvalue weighted by Crippen LogP contribution is -2.33. The first-order chi connectivity index (χ1) is 7.15. The molecule has 1 saturated carbocycles. The molecule has 0 saturated heterocycles. The molecule has 4 nitrogen and oxygen atoms in total. The van der Waals surface area contributed by atoms with Crippen molar-refractivity contribution in [1.29, 1.82) is 0 Å². The zero-order valence-corrected chi connectivity index (χ0v) is 9.19. The van der Waals surface area contributed by atoms with Gasteiger partial charge in [-0.1, -0.05) is 6.58 Å². The van der Waals surface area contributed by atoms with E-state index in [2.05, 4.69) is 16.9 Å². The van der Waals surface area contributed by atoms with Gasteiger partial charge in [0.05, 0.1) is 18.5 Å². The molecule has 1 atom stereocenters. The summed E-state index contributed by atoms with van der Waals surface area (Å²) in [6, 6.07) is 0. The van der Waals surface area contributed by atoms with E-state index in [0.717, 1.165) is 25.7 Å². The zero-order valence-electron chi connectivity index (χ0n) is 9.19. The number of rotatable bonds is 4. The van der Waals surface area contributed by atoms with Gasteiger partial charge in [-0.3, -0.25) is 4.99 Å². The van der Waals surface area contributed by atoms with Gasteiger partial charge in [-0.15, -0.1) is 0 Å². The molecule has 0 aromatic rings. The van der Waals surface area contributed by atoms with Crippen molar-refractivity contribution < 1.29 is 10.2 Å². The Labute approximate surface area is 90.7 Å². The second-order valence-electron chi connectivity index (χ2n) is 4.07. The maximum atomic E-state index is 9.95. The zero-order chi connectivity index (χ0) is 11.3. The first-order valence-corrected chi connectivity index (χ1v) is 5.37. The molecule has 3 N–H and O–H groups in total. The highest BCUT2D eigenvalue weighted by atomic mass is 16.3. The molecule has 15 heavy (non-hydrogen) atoms. The van der Waals surface area contributed by atoms with E-state index in [1.165, 1.54) is 6.34 Å². The standard InChI is InChI=1S/C11H20N2O2/c1-8(13-7-12-2)11(15)9-3-5-10(14)6-4-9/h7,9-11,14-15H,1,3-6H2,2H3,(H,12,13). The molecule has 0 spiro atoms. The van der Waals surface area contributed by atoms with E-state index in [9.17, 15) is 10.2 Å². The van der Waals surface area contributed by atoms with E-state index in [4.69, 9.17) is 0 Å². The summed E-state index contributed by atoms with van der Waals surface area (Å²) in [5.74, 6) is 0.207. The minimum Gasteiger partial charge on any atom is -0.393 e. The van der Waals surface area contributed by atoms with Crippen LogP contribution in [0.25, 0.3) is 0 Å². The van der Waals surface area contributed by atoms with Gasteiger partial charge in [0.1, 0.15) is 0 Å². The average molecular weight is 212 g/mol. The lowest BCUT2D eigenvalue weighted by molar-refractivity contribution is 0.0570. The first kappa shape index (κ1) is 12.2. The molecule has 0 aromatic carbocycles. The van der Waals surface area contributed by atoms with Crippen LogP contribution in [-0.2, 0) is 0 Å². The third-order valence-corrected chi connectivity index (χ3v) is 2.92. The van der Waals surface area contributed by atoms with Crippen LogP contribution in [0.1, 0.15) is 25.7 Å². The van der Waals surface area contributed by atoms with Crippen LogP contribution in [0, 0.1) is 5.92 Å². The third kappa shape index (κ3) is 3.64. The Hall–Kier alpha value is -0.870. The van der Waals surface area contributed by atoms with Gasteiger partial charge >= 0.3 is 0 Å². The van der Waals surface area contributed by atoms with E-state index < -0.39 is 6.10 Å². The lowest BCUT2D eigenvalue weighted by atomic mass is 9.83. The van der Waals surface area contributed by atoms with Crippen molar-refractivity contribution in [3.05, 3.63) is 12.3 Å². The Morgan fingerprint density at radius 2 is 2.07 bits per heavy atom. The Kier molecular flexibility index (Phi) is 4.78. The van der Waals surface area contributed by atoms with Gasteiger partial charge in [0.2, 0.25) is 0 Å². The molecule has 1 aliphatic carbocycles. The normalized spacial score (nSPS) is 29.0. The minimum absolute atomic E-state index is 0.188. The Morgan fingerprint density at radius 3 is 2.60 bits per heavy atom. The largest absolute Gasteiger partial charge is 0.393 e. The van der Waals surface area contributed by atoms with E-state index in [0.29, 0.717) is 5.70 Å². The molecule has 1 rings (SSSR count). The van der Waals surface area contributed by atoms with Crippen molar-refractivity contribution >= 4 is 6.34 Å². The fourth-order valence-electron chi connectivity index (χ4n) is 1.93. The van der Waals surface area contributed by atoms with Gasteiger partial charge < -0.3 is 15.5 Å². The number of nitrogens with zero attached hydrogens (tertiary/aromatic N) is 1. The summed E-state index contributed by atoms with van der Waals surface area (Å²) in [5.41, 5.74) is 0.585. The van der Waals surface area contributed by atoms with Gasteiger partial charge in [0.25, 0.3) is 0 Å². The summed E-state index contributed by atoms with van der Waals surface area (Å²) in [5, 5.41) is 22.1. The van der Waals surface area contributed by atoms with Gasteiger partial charge in [0.15, 0.2) is 0 Å². The minimum atomic E-state index is -0.546. The van der Waals surface area contributed by atoms with Crippen LogP contribution in [0.4, 0.5) is 0 Å². The molecule has 0 aliphatic heterocycles. The van der Waals surface area contributed by atoms with Crippen molar-refractivity contribution in [2.45, 2.75) is 37.9 Å². The summed E-state index contributed by atoms with van der Waals surface area (Å²) in [6.07, 6.45) is 4.04. The van der Waals surface area contributed by atoms with Crippen molar-refractivity contribution in [3.63, 3.8) is 0 Å². The number of hydrogen-bond acceptors (Lipinski definition) is 3. The highest BCUT2D eigenvalue weighted by molar-refractivity contribution is 5.57. The molecule has 86 valence electrons. The van der Waals surface area contributed by atoms with Crippen LogP contribution >= 0.6 is 0 Å². The number of aliphatic imine (C=N–C) groups is 1. The molecule has 0 amide bonds. The summed E-state index contributed by atoms with van der Waals surface area (Å²) in [6.45, 7) is 3.77. The smallest absolute Gasteiger partial charge is 0.0960 e. The van der Waals surface area contributed by atoms with Crippen LogP contribution in [0.15, 0.2) is 17.3 Å². The van der Waals surface area contributed by atoms with Crippen molar-refractivity contribution in [2.75, 3.05) is 7.05 Å². The van der Waals surface area contributed by atoms with Crippen LogP contribution in [0.2, 0.25) is 0 Å². The van der Waals surface area contributed by atoms with Crippen LogP contribution in [0.5, 0.6) is 0 Å². The SMILES string of the molecule is C=C(N/C=N\C)C(O)C1CCC(O)CC1. The van der Waals surface area contributed by atoms with Gasteiger partial charge in [-0.05, 0) is 31.6 Å². The van der Waals surface area contributed by atoms with Gasteiger partial charge in [-0.25, -0.2) is 0 Å². The highest BCUT2D eigenvalue weighted by Gasteiger charge is 2.26. The lowest BCUT2D eigenvalue weighted by Gasteiger charge is -2.29. The van der Waals surface area contributed by atoms with E-state index in [1.807, 2.05) is 0 Å². The maximum absolute atomic E-state index is 9.95. The third-order valence-electron chi connectivity index (χ3n) is 2.92. The Morgan fingerprint density at radius 1 is 1.47 bits per heavy atom. The number of hydrogen-bond donors (Lipinski definition) is 3. The number of aliphatic hydroxyl groups is 2. The summed E-state index contributed by atoms with van der Waals surface area (Å²) in [7, 11) is 1.66. The van der Waals surface area contributed by atoms with Crippen LogP contribution in [0.3, 0.4) is 0 Å². The van der Waals surface area contributed by atoms with E-state index in [1.54, 1.807) is 7.05 Å². The quantitative estimate of drug-likeness (QED) is 0.474. The molecule has 0 aromatic heterocycles. The van der Waals surface area contributed by atoms with Crippen LogP contribution < -0.4 is 5.32 Å².